The summed E-state index contributed by atoms with van der Waals surface area (Å²) in [6, 6.07) is 10.6. The average molecular weight is 270 g/mol. The van der Waals surface area contributed by atoms with E-state index >= 15 is 0 Å². The Morgan fingerprint density at radius 1 is 1.32 bits per heavy atom. The molecule has 0 radical (unpaired) electrons. The van der Waals surface area contributed by atoms with Crippen LogP contribution < -0.4 is 0 Å². The molecule has 0 aliphatic carbocycles. The fraction of sp³-hybridized carbons (Fsp3) is 0.438. The summed E-state index contributed by atoms with van der Waals surface area (Å²) < 4.78 is 1.26. The van der Waals surface area contributed by atoms with Crippen molar-refractivity contribution in [3.8, 4) is 6.07 Å². The quantitative estimate of drug-likeness (QED) is 0.825. The van der Waals surface area contributed by atoms with Gasteiger partial charge in [-0.2, -0.15) is 5.26 Å². The summed E-state index contributed by atoms with van der Waals surface area (Å²) in [4.78, 5) is 4.03. The first-order valence-electron chi connectivity index (χ1n) is 6.96. The fourth-order valence-electron chi connectivity index (χ4n) is 2.86. The van der Waals surface area contributed by atoms with Crippen LogP contribution >= 0.6 is 11.3 Å². The van der Waals surface area contributed by atoms with Crippen LogP contribution in [0.25, 0.3) is 10.1 Å². The molecule has 98 valence electrons. The molecule has 3 rings (SSSR count). The Hall–Kier alpha value is -1.37. The Morgan fingerprint density at radius 3 is 2.79 bits per heavy atom. The number of rotatable bonds is 2. The molecule has 0 amide bonds. The number of fused-ring (bicyclic) bond motifs is 1. The third-order valence-corrected chi connectivity index (χ3v) is 5.37. The van der Waals surface area contributed by atoms with Crippen LogP contribution in [0, 0.1) is 11.3 Å². The molecule has 0 bridgehead atoms. The molecule has 1 aliphatic rings. The lowest BCUT2D eigenvalue weighted by atomic mass is 9.95. The minimum atomic E-state index is 0.714. The lowest BCUT2D eigenvalue weighted by Gasteiger charge is -2.30. The van der Waals surface area contributed by atoms with E-state index in [1.807, 2.05) is 23.5 Å². The molecule has 0 N–H and O–H groups in total. The Balaban J connectivity index is 1.84. The van der Waals surface area contributed by atoms with Crippen molar-refractivity contribution in [3.63, 3.8) is 0 Å². The van der Waals surface area contributed by atoms with E-state index in [4.69, 9.17) is 5.26 Å². The van der Waals surface area contributed by atoms with Crippen molar-refractivity contribution in [2.24, 2.45) is 0 Å². The van der Waals surface area contributed by atoms with Crippen molar-refractivity contribution in [1.82, 2.24) is 4.90 Å². The zero-order valence-electron chi connectivity index (χ0n) is 11.2. The molecule has 0 unspecified atom stereocenters. The highest BCUT2D eigenvalue weighted by atomic mass is 32.1. The molecule has 3 heteroatoms. The molecule has 1 aromatic heterocycles. The van der Waals surface area contributed by atoms with Gasteiger partial charge in [-0.25, -0.2) is 0 Å². The SMILES string of the molecule is CCN1CCC(c2cc3ccc(C#N)cc3s2)CC1. The maximum absolute atomic E-state index is 8.96. The monoisotopic (exact) mass is 270 g/mol. The first kappa shape index (κ1) is 12.7. The van der Waals surface area contributed by atoms with E-state index in [-0.39, 0.29) is 0 Å². The largest absolute Gasteiger partial charge is 0.304 e. The molecular weight excluding hydrogens is 252 g/mol. The summed E-state index contributed by atoms with van der Waals surface area (Å²) in [5, 5.41) is 10.2. The number of likely N-dealkylation sites (tertiary alicyclic amines) is 1. The number of piperidine rings is 1. The van der Waals surface area contributed by atoms with Crippen LogP contribution in [-0.2, 0) is 0 Å². The summed E-state index contributed by atoms with van der Waals surface area (Å²) in [5.74, 6) is 0.714. The second-order valence-corrected chi connectivity index (χ2v) is 6.34. The normalized spacial score (nSPS) is 17.7. The predicted octanol–water partition coefficient (Wildman–Crippen LogP) is 3.97. The molecule has 0 saturated carbocycles. The van der Waals surface area contributed by atoms with Crippen LogP contribution in [0.4, 0.5) is 0 Å². The Bertz CT molecular complexity index is 615. The van der Waals surface area contributed by atoms with Crippen LogP contribution in [0.2, 0.25) is 0 Å². The van der Waals surface area contributed by atoms with Crippen LogP contribution in [0.5, 0.6) is 0 Å². The predicted molar refractivity (Wildman–Crippen MR) is 80.6 cm³/mol. The van der Waals surface area contributed by atoms with Gasteiger partial charge in [0, 0.05) is 9.58 Å². The molecule has 2 heterocycles. The maximum atomic E-state index is 8.96. The first-order chi connectivity index (χ1) is 9.30. The van der Waals surface area contributed by atoms with E-state index in [1.165, 1.54) is 47.4 Å². The van der Waals surface area contributed by atoms with Gasteiger partial charge >= 0.3 is 0 Å². The molecule has 19 heavy (non-hydrogen) atoms. The molecule has 1 aliphatic heterocycles. The zero-order chi connectivity index (χ0) is 13.2. The van der Waals surface area contributed by atoms with Gasteiger partial charge < -0.3 is 4.90 Å². The highest BCUT2D eigenvalue weighted by Gasteiger charge is 2.21. The maximum Gasteiger partial charge on any atom is 0.0992 e. The van der Waals surface area contributed by atoms with E-state index in [9.17, 15) is 0 Å². The number of nitriles is 1. The van der Waals surface area contributed by atoms with E-state index in [1.54, 1.807) is 0 Å². The third-order valence-electron chi connectivity index (χ3n) is 4.11. The summed E-state index contributed by atoms with van der Waals surface area (Å²) in [6.07, 6.45) is 2.54. The number of nitrogens with zero attached hydrogens (tertiary/aromatic N) is 2. The highest BCUT2D eigenvalue weighted by Crippen LogP contribution is 2.36. The zero-order valence-corrected chi connectivity index (χ0v) is 12.0. The smallest absolute Gasteiger partial charge is 0.0992 e. The summed E-state index contributed by atoms with van der Waals surface area (Å²) >= 11 is 1.87. The van der Waals surface area contributed by atoms with Gasteiger partial charge in [-0.1, -0.05) is 13.0 Å². The van der Waals surface area contributed by atoms with Gasteiger partial charge in [0.2, 0.25) is 0 Å². The summed E-state index contributed by atoms with van der Waals surface area (Å²) in [5.41, 5.74) is 0.765. The van der Waals surface area contributed by atoms with Crippen LogP contribution in [0.1, 0.15) is 36.1 Å². The van der Waals surface area contributed by atoms with E-state index in [0.717, 1.165) is 5.56 Å². The van der Waals surface area contributed by atoms with Crippen LogP contribution in [-0.4, -0.2) is 24.5 Å². The van der Waals surface area contributed by atoms with Crippen molar-refractivity contribution in [1.29, 1.82) is 5.26 Å². The van der Waals surface area contributed by atoms with Gasteiger partial charge in [-0.05, 0) is 62.0 Å². The molecule has 1 saturated heterocycles. The van der Waals surface area contributed by atoms with Gasteiger partial charge in [-0.3, -0.25) is 0 Å². The molecule has 2 aromatic rings. The Labute approximate surface area is 118 Å². The van der Waals surface area contributed by atoms with Gasteiger partial charge in [0.05, 0.1) is 11.6 Å². The minimum absolute atomic E-state index is 0.714. The van der Waals surface area contributed by atoms with E-state index < -0.39 is 0 Å². The van der Waals surface area contributed by atoms with Crippen LogP contribution in [0.15, 0.2) is 24.3 Å². The lowest BCUT2D eigenvalue weighted by molar-refractivity contribution is 0.223. The average Bonchev–Trinajstić information content (AvgIpc) is 2.90. The minimum Gasteiger partial charge on any atom is -0.304 e. The van der Waals surface area contributed by atoms with Crippen molar-refractivity contribution in [2.45, 2.75) is 25.7 Å². The van der Waals surface area contributed by atoms with Gasteiger partial charge in [0.15, 0.2) is 0 Å². The van der Waals surface area contributed by atoms with Gasteiger partial charge in [-0.15, -0.1) is 11.3 Å². The molecule has 0 atom stereocenters. The van der Waals surface area contributed by atoms with Gasteiger partial charge in [0.25, 0.3) is 0 Å². The summed E-state index contributed by atoms with van der Waals surface area (Å²) in [7, 11) is 0. The highest BCUT2D eigenvalue weighted by molar-refractivity contribution is 7.19. The number of thiophene rings is 1. The first-order valence-corrected chi connectivity index (χ1v) is 7.77. The fourth-order valence-corrected chi connectivity index (χ4v) is 4.13. The van der Waals surface area contributed by atoms with E-state index in [0.29, 0.717) is 5.92 Å². The lowest BCUT2D eigenvalue weighted by Crippen LogP contribution is -2.32. The van der Waals surface area contributed by atoms with Crippen molar-refractivity contribution >= 4 is 21.4 Å². The molecular formula is C16H18N2S. The summed E-state index contributed by atoms with van der Waals surface area (Å²) in [6.45, 7) is 5.85. The number of hydrogen-bond donors (Lipinski definition) is 0. The third kappa shape index (κ3) is 2.51. The van der Waals surface area contributed by atoms with Crippen molar-refractivity contribution in [2.75, 3.05) is 19.6 Å². The Kier molecular flexibility index (Phi) is 3.54. The standard InChI is InChI=1S/C16H18N2S/c1-2-18-7-5-13(6-8-18)16-10-14-4-3-12(11-17)9-15(14)19-16/h3-4,9-10,13H,2,5-8H2,1H3. The van der Waals surface area contributed by atoms with Crippen molar-refractivity contribution < 1.29 is 0 Å². The number of benzene rings is 1. The molecule has 1 aromatic carbocycles. The van der Waals surface area contributed by atoms with Crippen molar-refractivity contribution in [3.05, 3.63) is 34.7 Å². The number of hydrogen-bond acceptors (Lipinski definition) is 3. The van der Waals surface area contributed by atoms with Crippen LogP contribution in [0.3, 0.4) is 0 Å². The topological polar surface area (TPSA) is 27.0 Å². The second kappa shape index (κ2) is 5.32. The second-order valence-electron chi connectivity index (χ2n) is 5.22. The molecule has 0 spiro atoms. The molecule has 1 fully saturated rings. The molecule has 2 nitrogen and oxygen atoms in total. The Morgan fingerprint density at radius 2 is 2.11 bits per heavy atom. The van der Waals surface area contributed by atoms with E-state index in [2.05, 4.69) is 30.0 Å². The van der Waals surface area contributed by atoms with Gasteiger partial charge in [0.1, 0.15) is 0 Å².